The number of rotatable bonds is 7. The normalized spacial score (nSPS) is 24.2. The molecular weight excluding hydrogens is 484 g/mol. The molecule has 10 heteroatoms. The number of aromatic carboxylic acids is 1. The lowest BCUT2D eigenvalue weighted by molar-refractivity contribution is -0.0957. The zero-order chi connectivity index (χ0) is 23.6. The first-order valence-electron chi connectivity index (χ1n) is 11.1. The highest BCUT2D eigenvalue weighted by molar-refractivity contribution is 6.39. The summed E-state index contributed by atoms with van der Waals surface area (Å²) in [5, 5.41) is 14.0. The fraction of sp³-hybridized carbons (Fsp3) is 0.375. The van der Waals surface area contributed by atoms with E-state index in [1.165, 1.54) is 6.20 Å². The molecule has 1 saturated heterocycles. The van der Waals surface area contributed by atoms with Crippen molar-refractivity contribution >= 4 is 35.0 Å². The summed E-state index contributed by atoms with van der Waals surface area (Å²) in [6.45, 7) is 0.919. The lowest BCUT2D eigenvalue weighted by atomic mass is 9.68. The van der Waals surface area contributed by atoms with Gasteiger partial charge in [-0.3, -0.25) is 0 Å². The molecule has 6 rings (SSSR count). The number of benzene rings is 1. The standard InChI is InChI=1S/C24H20Cl2FN3O4/c25-15-2-1-3-16(26)20(15)21-14(22(34-29-21)24(27)6-7-24)11-33-18-8-17-13(18)10-30(17)19-5-4-12(9-28-19)23(31)32/h1-5,9,13,17-18H,6-8,10-11H2,(H,31,32)/t13?,17-,18-/m1/s1. The number of carbonyl (C=O) groups is 1. The third-order valence-corrected chi connectivity index (χ3v) is 7.70. The van der Waals surface area contributed by atoms with Crippen LogP contribution in [0.2, 0.25) is 10.0 Å². The average Bonchev–Trinajstić information content (AvgIpc) is 3.41. The van der Waals surface area contributed by atoms with E-state index in [0.717, 1.165) is 18.8 Å². The van der Waals surface area contributed by atoms with Gasteiger partial charge in [0.2, 0.25) is 0 Å². The van der Waals surface area contributed by atoms with Crippen molar-refractivity contribution in [3.8, 4) is 11.3 Å². The summed E-state index contributed by atoms with van der Waals surface area (Å²) in [6, 6.07) is 8.74. The van der Waals surface area contributed by atoms with Gasteiger partial charge in [-0.05, 0) is 43.5 Å². The first kappa shape index (κ1) is 21.8. The highest BCUT2D eigenvalue weighted by atomic mass is 35.5. The molecule has 0 amide bonds. The number of hydrogen-bond acceptors (Lipinski definition) is 6. The van der Waals surface area contributed by atoms with Crippen molar-refractivity contribution in [1.82, 2.24) is 10.1 Å². The molecule has 0 radical (unpaired) electrons. The SMILES string of the molecule is O=C(O)c1ccc(N2CC3[C@H]2C[C@H]3OCc2c(-c3c(Cl)cccc3Cl)noc2C2(F)CC2)nc1. The Balaban J connectivity index is 1.16. The van der Waals surface area contributed by atoms with Crippen LogP contribution in [0.4, 0.5) is 10.2 Å². The summed E-state index contributed by atoms with van der Waals surface area (Å²) in [6.07, 6.45) is 2.98. The van der Waals surface area contributed by atoms with Gasteiger partial charge in [0.1, 0.15) is 11.5 Å². The lowest BCUT2D eigenvalue weighted by Gasteiger charge is -2.60. The topological polar surface area (TPSA) is 88.7 Å². The Hall–Kier alpha value is -2.68. The highest BCUT2D eigenvalue weighted by Crippen LogP contribution is 2.53. The van der Waals surface area contributed by atoms with Gasteiger partial charge < -0.3 is 19.3 Å². The summed E-state index contributed by atoms with van der Waals surface area (Å²) in [7, 11) is 0. The van der Waals surface area contributed by atoms with Gasteiger partial charge in [0.05, 0.1) is 33.9 Å². The Labute approximate surface area is 204 Å². The second-order valence-corrected chi connectivity index (χ2v) is 9.89. The second-order valence-electron chi connectivity index (χ2n) is 9.08. The van der Waals surface area contributed by atoms with Crippen molar-refractivity contribution in [2.45, 2.75) is 43.7 Å². The van der Waals surface area contributed by atoms with Crippen LogP contribution in [0.25, 0.3) is 11.3 Å². The van der Waals surface area contributed by atoms with Gasteiger partial charge >= 0.3 is 5.97 Å². The van der Waals surface area contributed by atoms with E-state index in [0.29, 0.717) is 51.7 Å². The van der Waals surface area contributed by atoms with Crippen LogP contribution in [0.3, 0.4) is 0 Å². The fourth-order valence-corrected chi connectivity index (χ4v) is 5.42. The van der Waals surface area contributed by atoms with Crippen LogP contribution >= 0.6 is 23.2 Å². The van der Waals surface area contributed by atoms with E-state index in [4.69, 9.17) is 37.6 Å². The number of anilines is 1. The molecule has 3 aromatic rings. The van der Waals surface area contributed by atoms with Crippen LogP contribution in [0, 0.1) is 5.92 Å². The summed E-state index contributed by atoms with van der Waals surface area (Å²) >= 11 is 12.8. The minimum absolute atomic E-state index is 0.0200. The number of halogens is 3. The average molecular weight is 504 g/mol. The fourth-order valence-electron chi connectivity index (χ4n) is 4.84. The zero-order valence-corrected chi connectivity index (χ0v) is 19.4. The molecule has 1 unspecified atom stereocenters. The van der Waals surface area contributed by atoms with Gasteiger partial charge in [0, 0.05) is 30.3 Å². The van der Waals surface area contributed by atoms with Crippen LogP contribution in [-0.4, -0.2) is 39.9 Å². The number of pyridine rings is 1. The van der Waals surface area contributed by atoms with Gasteiger partial charge in [0.25, 0.3) is 0 Å². The molecule has 3 heterocycles. The van der Waals surface area contributed by atoms with Crippen LogP contribution < -0.4 is 4.90 Å². The van der Waals surface area contributed by atoms with Gasteiger partial charge in [-0.2, -0.15) is 0 Å². The number of fused-ring (bicyclic) bond motifs is 1. The predicted molar refractivity (Wildman–Crippen MR) is 123 cm³/mol. The van der Waals surface area contributed by atoms with E-state index in [9.17, 15) is 4.79 Å². The summed E-state index contributed by atoms with van der Waals surface area (Å²) in [5.74, 6) is 0.295. The molecular formula is C24H20Cl2FN3O4. The van der Waals surface area contributed by atoms with E-state index < -0.39 is 11.6 Å². The number of hydrogen-bond donors (Lipinski definition) is 1. The Morgan fingerprint density at radius 1 is 1.26 bits per heavy atom. The molecule has 3 aliphatic rings. The third-order valence-electron chi connectivity index (χ3n) is 7.07. The maximum absolute atomic E-state index is 15.0. The molecule has 7 nitrogen and oxygen atoms in total. The quantitative estimate of drug-likeness (QED) is 0.455. The predicted octanol–water partition coefficient (Wildman–Crippen LogP) is 5.49. The molecule has 2 aliphatic carbocycles. The number of carboxylic acid groups (broad SMARTS) is 1. The minimum atomic E-state index is -1.51. The number of carboxylic acids is 1. The minimum Gasteiger partial charge on any atom is -0.478 e. The highest BCUT2D eigenvalue weighted by Gasteiger charge is 2.55. The maximum atomic E-state index is 15.0. The number of nitrogens with zero attached hydrogens (tertiary/aromatic N) is 3. The van der Waals surface area contributed by atoms with Crippen molar-refractivity contribution in [1.29, 1.82) is 0 Å². The molecule has 3 fully saturated rings. The number of ether oxygens (including phenoxy) is 1. The molecule has 34 heavy (non-hydrogen) atoms. The second kappa shape index (κ2) is 7.93. The van der Waals surface area contributed by atoms with Crippen molar-refractivity contribution in [2.24, 2.45) is 5.92 Å². The summed E-state index contributed by atoms with van der Waals surface area (Å²) in [5.41, 5.74) is 0.140. The van der Waals surface area contributed by atoms with Crippen molar-refractivity contribution in [2.75, 3.05) is 11.4 Å². The first-order chi connectivity index (χ1) is 16.4. The Kier molecular flexibility index (Phi) is 5.09. The van der Waals surface area contributed by atoms with Crippen LogP contribution in [0.5, 0.6) is 0 Å². The number of piperidine rings is 1. The summed E-state index contributed by atoms with van der Waals surface area (Å²) in [4.78, 5) is 17.5. The largest absolute Gasteiger partial charge is 0.478 e. The van der Waals surface area contributed by atoms with Crippen LogP contribution in [0.15, 0.2) is 41.1 Å². The van der Waals surface area contributed by atoms with E-state index in [1.807, 2.05) is 0 Å². The first-order valence-corrected chi connectivity index (χ1v) is 11.8. The van der Waals surface area contributed by atoms with Gasteiger partial charge in [-0.1, -0.05) is 34.4 Å². The van der Waals surface area contributed by atoms with Crippen molar-refractivity contribution < 1.29 is 23.6 Å². The van der Waals surface area contributed by atoms with E-state index in [1.54, 1.807) is 30.3 Å². The van der Waals surface area contributed by atoms with Crippen molar-refractivity contribution in [3.05, 3.63) is 63.5 Å². The molecule has 3 atom stereocenters. The molecule has 1 aromatic carbocycles. The van der Waals surface area contributed by atoms with Gasteiger partial charge in [-0.25, -0.2) is 14.2 Å². The lowest BCUT2D eigenvalue weighted by Crippen LogP contribution is -2.70. The van der Waals surface area contributed by atoms with Gasteiger partial charge in [0.15, 0.2) is 11.4 Å². The van der Waals surface area contributed by atoms with Crippen molar-refractivity contribution in [3.63, 3.8) is 0 Å². The molecule has 1 N–H and O–H groups in total. The number of aromatic nitrogens is 2. The van der Waals surface area contributed by atoms with E-state index in [-0.39, 0.29) is 24.0 Å². The third kappa shape index (κ3) is 3.47. The van der Waals surface area contributed by atoms with E-state index >= 15 is 4.39 Å². The Bertz CT molecular complexity index is 1260. The number of alkyl halides is 1. The smallest absolute Gasteiger partial charge is 0.337 e. The molecule has 0 bridgehead atoms. The van der Waals surface area contributed by atoms with E-state index in [2.05, 4.69) is 15.0 Å². The maximum Gasteiger partial charge on any atom is 0.337 e. The van der Waals surface area contributed by atoms with Crippen LogP contribution in [0.1, 0.15) is 40.9 Å². The molecule has 2 aromatic heterocycles. The Morgan fingerprint density at radius 3 is 2.62 bits per heavy atom. The summed E-state index contributed by atoms with van der Waals surface area (Å²) < 4.78 is 26.7. The monoisotopic (exact) mass is 503 g/mol. The Morgan fingerprint density at radius 2 is 2.03 bits per heavy atom. The molecule has 176 valence electrons. The molecule has 1 aliphatic heterocycles. The zero-order valence-electron chi connectivity index (χ0n) is 17.9. The van der Waals surface area contributed by atoms with Gasteiger partial charge in [-0.15, -0.1) is 0 Å². The molecule has 0 spiro atoms. The molecule has 2 saturated carbocycles. The van der Waals surface area contributed by atoms with Crippen LogP contribution in [-0.2, 0) is 17.0 Å².